The number of amidine groups is 1. The number of carbonyl (C=O) groups is 2. The zero-order valence-electron chi connectivity index (χ0n) is 15.5. The lowest BCUT2D eigenvalue weighted by molar-refractivity contribution is -0.119. The molecule has 1 unspecified atom stereocenters. The smallest absolute Gasteiger partial charge is 0.337 e. The lowest BCUT2D eigenvalue weighted by Gasteiger charge is -2.28. The Bertz CT molecular complexity index is 1000. The standard InChI is InChI=1S/C19H15Br2Cl2FN4O2/c1-27-16(29)15(28(18(27)30)14-5-3-2-4-13(14)24)26-17(19(20,21)10-22)25-12-8-6-11(23)7-9-12/h2-9,17,25H,10H2,1H3. The predicted octanol–water partition coefficient (Wildman–Crippen LogP) is 5.44. The normalized spacial score (nSPS) is 17.1. The molecule has 158 valence electrons. The molecule has 0 aromatic heterocycles. The number of likely N-dealkylation sites (N-methyl/N-ethyl adjacent to an activating group) is 1. The first-order chi connectivity index (χ1) is 14.2. The summed E-state index contributed by atoms with van der Waals surface area (Å²) >= 11 is 18.9. The summed E-state index contributed by atoms with van der Waals surface area (Å²) < 4.78 is 13.4. The Morgan fingerprint density at radius 3 is 2.40 bits per heavy atom. The van der Waals surface area contributed by atoms with Gasteiger partial charge in [-0.25, -0.2) is 19.1 Å². The number of aliphatic imine (C=N–C) groups is 1. The van der Waals surface area contributed by atoms with Crippen LogP contribution >= 0.6 is 55.1 Å². The minimum absolute atomic E-state index is 0.0483. The second-order valence-corrected chi connectivity index (χ2v) is 10.9. The number of amides is 3. The first-order valence-electron chi connectivity index (χ1n) is 8.56. The molecule has 6 nitrogen and oxygen atoms in total. The van der Waals surface area contributed by atoms with Gasteiger partial charge in [-0.3, -0.25) is 9.69 Å². The van der Waals surface area contributed by atoms with Gasteiger partial charge in [0.05, 0.1) is 11.6 Å². The largest absolute Gasteiger partial charge is 0.362 e. The van der Waals surface area contributed by atoms with Crippen molar-refractivity contribution < 1.29 is 14.0 Å². The fourth-order valence-electron chi connectivity index (χ4n) is 2.67. The lowest BCUT2D eigenvalue weighted by atomic mass is 10.2. The van der Waals surface area contributed by atoms with Gasteiger partial charge < -0.3 is 5.32 Å². The van der Waals surface area contributed by atoms with Gasteiger partial charge in [0, 0.05) is 17.8 Å². The number of rotatable bonds is 6. The topological polar surface area (TPSA) is 65.0 Å². The van der Waals surface area contributed by atoms with Crippen LogP contribution in [0.4, 0.5) is 20.6 Å². The molecule has 0 radical (unpaired) electrons. The number of hydrogen-bond donors (Lipinski definition) is 1. The molecule has 1 fully saturated rings. The monoisotopic (exact) mass is 578 g/mol. The van der Waals surface area contributed by atoms with Crippen LogP contribution in [0.15, 0.2) is 53.5 Å². The number of nitrogens with one attached hydrogen (secondary N) is 1. The van der Waals surface area contributed by atoms with E-state index < -0.39 is 27.2 Å². The molecule has 0 spiro atoms. The summed E-state index contributed by atoms with van der Waals surface area (Å²) in [6, 6.07) is 11.7. The predicted molar refractivity (Wildman–Crippen MR) is 125 cm³/mol. The molecule has 1 heterocycles. The molecular formula is C19H15Br2Cl2FN4O2. The third-order valence-corrected chi connectivity index (χ3v) is 7.00. The average Bonchev–Trinajstić information content (AvgIpc) is 2.93. The van der Waals surface area contributed by atoms with E-state index in [1.165, 1.54) is 25.2 Å². The van der Waals surface area contributed by atoms with Crippen LogP contribution < -0.4 is 10.2 Å². The molecule has 1 N–H and O–H groups in total. The van der Waals surface area contributed by atoms with Gasteiger partial charge in [-0.05, 0) is 36.4 Å². The van der Waals surface area contributed by atoms with Gasteiger partial charge >= 0.3 is 6.03 Å². The van der Waals surface area contributed by atoms with Crippen molar-refractivity contribution >= 4 is 84.2 Å². The number of urea groups is 1. The molecular weight excluding hydrogens is 566 g/mol. The minimum Gasteiger partial charge on any atom is -0.362 e. The Morgan fingerprint density at radius 1 is 1.17 bits per heavy atom. The maximum absolute atomic E-state index is 14.4. The number of carbonyl (C=O) groups excluding carboxylic acids is 2. The van der Waals surface area contributed by atoms with E-state index in [1.807, 2.05) is 0 Å². The van der Waals surface area contributed by atoms with Crippen LogP contribution in [0.3, 0.4) is 0 Å². The minimum atomic E-state index is -0.987. The van der Waals surface area contributed by atoms with Crippen LogP contribution in [0.25, 0.3) is 0 Å². The summed E-state index contributed by atoms with van der Waals surface area (Å²) in [4.78, 5) is 31.7. The van der Waals surface area contributed by atoms with Gasteiger partial charge in [0.1, 0.15) is 15.2 Å². The number of para-hydroxylation sites is 1. The Hall–Kier alpha value is -1.68. The van der Waals surface area contributed by atoms with Crippen molar-refractivity contribution in [3.05, 3.63) is 59.4 Å². The molecule has 1 atom stereocenters. The van der Waals surface area contributed by atoms with Crippen molar-refractivity contribution in [2.75, 3.05) is 23.1 Å². The molecule has 0 aliphatic carbocycles. The van der Waals surface area contributed by atoms with Crippen molar-refractivity contribution in [3.8, 4) is 0 Å². The molecule has 0 bridgehead atoms. The highest BCUT2D eigenvalue weighted by Crippen LogP contribution is 2.36. The molecule has 2 aromatic rings. The first kappa shape index (κ1) is 23.0. The summed E-state index contributed by atoms with van der Waals surface area (Å²) in [6.45, 7) is 0. The molecule has 30 heavy (non-hydrogen) atoms. The van der Waals surface area contributed by atoms with Crippen LogP contribution in [0.2, 0.25) is 5.02 Å². The van der Waals surface area contributed by atoms with Crippen molar-refractivity contribution in [2.24, 2.45) is 4.99 Å². The number of halogens is 5. The van der Waals surface area contributed by atoms with E-state index in [2.05, 4.69) is 42.2 Å². The average molecular weight is 581 g/mol. The van der Waals surface area contributed by atoms with E-state index in [4.69, 9.17) is 23.2 Å². The van der Waals surface area contributed by atoms with Gasteiger partial charge in [0.15, 0.2) is 0 Å². The van der Waals surface area contributed by atoms with E-state index in [-0.39, 0.29) is 17.4 Å². The summed E-state index contributed by atoms with van der Waals surface area (Å²) in [5, 5.41) is 3.68. The van der Waals surface area contributed by atoms with Gasteiger partial charge in [0.2, 0.25) is 5.84 Å². The van der Waals surface area contributed by atoms with E-state index >= 15 is 0 Å². The summed E-state index contributed by atoms with van der Waals surface area (Å²) in [6.07, 6.45) is -0.858. The number of nitrogens with zero attached hydrogens (tertiary/aromatic N) is 3. The van der Waals surface area contributed by atoms with Gasteiger partial charge in [0.25, 0.3) is 5.91 Å². The molecule has 11 heteroatoms. The lowest BCUT2D eigenvalue weighted by Crippen LogP contribution is -2.41. The van der Waals surface area contributed by atoms with Crippen molar-refractivity contribution in [1.29, 1.82) is 0 Å². The SMILES string of the molecule is CN1C(=O)C(=NC(Nc2ccc(Cl)cc2)C(Br)(Br)CCl)N(c2ccccc2F)C1=O. The maximum atomic E-state index is 14.4. The highest BCUT2D eigenvalue weighted by atomic mass is 79.9. The van der Waals surface area contributed by atoms with E-state index in [1.54, 1.807) is 30.3 Å². The number of imide groups is 1. The fraction of sp³-hybridized carbons (Fsp3) is 0.211. The van der Waals surface area contributed by atoms with Crippen LogP contribution in [-0.4, -0.2) is 45.0 Å². The van der Waals surface area contributed by atoms with Gasteiger partial charge in [-0.15, -0.1) is 11.6 Å². The molecule has 1 aliphatic heterocycles. The quantitative estimate of drug-likeness (QED) is 0.366. The molecule has 3 rings (SSSR count). The summed E-state index contributed by atoms with van der Waals surface area (Å²) in [7, 11) is 1.31. The number of benzene rings is 2. The maximum Gasteiger partial charge on any atom is 0.337 e. The fourth-order valence-corrected chi connectivity index (χ4v) is 3.37. The molecule has 1 aliphatic rings. The Labute approximate surface area is 199 Å². The summed E-state index contributed by atoms with van der Waals surface area (Å²) in [5.74, 6) is -1.53. The highest BCUT2D eigenvalue weighted by molar-refractivity contribution is 9.25. The van der Waals surface area contributed by atoms with E-state index in [0.29, 0.717) is 10.7 Å². The van der Waals surface area contributed by atoms with E-state index in [0.717, 1.165) is 9.80 Å². The number of hydrogen-bond acceptors (Lipinski definition) is 4. The van der Waals surface area contributed by atoms with Crippen molar-refractivity contribution in [3.63, 3.8) is 0 Å². The van der Waals surface area contributed by atoms with Crippen LogP contribution in [0.1, 0.15) is 0 Å². The van der Waals surface area contributed by atoms with Gasteiger partial charge in [-0.1, -0.05) is 55.6 Å². The third kappa shape index (κ3) is 4.64. The molecule has 1 saturated heterocycles. The van der Waals surface area contributed by atoms with Gasteiger partial charge in [-0.2, -0.15) is 0 Å². The Morgan fingerprint density at radius 2 is 1.80 bits per heavy atom. The second kappa shape index (κ2) is 9.21. The zero-order chi connectivity index (χ0) is 22.1. The Balaban J connectivity index is 2.08. The van der Waals surface area contributed by atoms with Crippen LogP contribution in [0.5, 0.6) is 0 Å². The van der Waals surface area contributed by atoms with Crippen LogP contribution in [-0.2, 0) is 4.79 Å². The number of alkyl halides is 3. The van der Waals surface area contributed by atoms with Crippen molar-refractivity contribution in [2.45, 2.75) is 9.40 Å². The van der Waals surface area contributed by atoms with Crippen molar-refractivity contribution in [1.82, 2.24) is 4.90 Å². The Kier molecular flexibility index (Phi) is 7.06. The molecule has 3 amide bonds. The second-order valence-electron chi connectivity index (χ2n) is 6.33. The molecule has 0 saturated carbocycles. The number of anilines is 2. The van der Waals surface area contributed by atoms with E-state index in [9.17, 15) is 14.0 Å². The van der Waals surface area contributed by atoms with Crippen LogP contribution in [0, 0.1) is 5.82 Å². The summed E-state index contributed by atoms with van der Waals surface area (Å²) in [5.41, 5.74) is 0.564. The zero-order valence-corrected chi connectivity index (χ0v) is 20.1. The highest BCUT2D eigenvalue weighted by Gasteiger charge is 2.44. The third-order valence-electron chi connectivity index (χ3n) is 4.26. The first-order valence-corrected chi connectivity index (χ1v) is 11.1. The molecule has 2 aromatic carbocycles.